The first kappa shape index (κ1) is 27.9. The second-order valence-electron chi connectivity index (χ2n) is 14.4. The minimum Gasteiger partial charge on any atom is -0.504 e. The van der Waals surface area contributed by atoms with Crippen LogP contribution in [0.4, 0.5) is 8.78 Å². The van der Waals surface area contributed by atoms with Crippen LogP contribution in [0.2, 0.25) is 0 Å². The largest absolute Gasteiger partial charge is 0.504 e. The smallest absolute Gasteiger partial charge is 0.166 e. The summed E-state index contributed by atoms with van der Waals surface area (Å²) in [5.41, 5.74) is 6.54. The highest BCUT2D eigenvalue weighted by molar-refractivity contribution is 5.87. The van der Waals surface area contributed by atoms with Crippen molar-refractivity contribution in [1.82, 2.24) is 9.47 Å². The summed E-state index contributed by atoms with van der Waals surface area (Å²) in [5, 5.41) is 12.5. The van der Waals surface area contributed by atoms with E-state index in [1.54, 1.807) is 6.07 Å². The van der Waals surface area contributed by atoms with Gasteiger partial charge in [-0.25, -0.2) is 8.78 Å². The third-order valence-corrected chi connectivity index (χ3v) is 12.0. The molecule has 1 saturated heterocycles. The van der Waals surface area contributed by atoms with Gasteiger partial charge in [-0.2, -0.15) is 0 Å². The summed E-state index contributed by atoms with van der Waals surface area (Å²) in [7, 11) is 0. The van der Waals surface area contributed by atoms with E-state index >= 15 is 0 Å². The quantitative estimate of drug-likeness (QED) is 0.201. The summed E-state index contributed by atoms with van der Waals surface area (Å²) >= 11 is 0. The van der Waals surface area contributed by atoms with Crippen LogP contribution in [0, 0.1) is 17.6 Å². The molecule has 238 valence electrons. The number of hydrogen-bond acceptors (Lipinski definition) is 4. The molecule has 4 aromatic carbocycles. The van der Waals surface area contributed by atoms with Crippen molar-refractivity contribution in [2.75, 3.05) is 13.1 Å². The number of para-hydroxylation sites is 1. The van der Waals surface area contributed by atoms with Crippen molar-refractivity contribution in [3.63, 3.8) is 0 Å². The van der Waals surface area contributed by atoms with E-state index in [2.05, 4.69) is 39.8 Å². The normalized spacial score (nSPS) is 27.0. The van der Waals surface area contributed by atoms with Crippen molar-refractivity contribution >= 4 is 10.9 Å². The van der Waals surface area contributed by atoms with Crippen LogP contribution in [-0.4, -0.2) is 39.3 Å². The number of fused-ring (bicyclic) bond motifs is 4. The second kappa shape index (κ2) is 9.91. The van der Waals surface area contributed by atoms with Crippen molar-refractivity contribution in [3.8, 4) is 11.5 Å². The molecule has 10 rings (SSSR count). The summed E-state index contributed by atoms with van der Waals surface area (Å²) in [6.45, 7) is 2.93. The molecular formula is C40H36F2N2O3. The van der Waals surface area contributed by atoms with Crippen molar-refractivity contribution in [2.24, 2.45) is 5.92 Å². The summed E-state index contributed by atoms with van der Waals surface area (Å²) in [6, 6.07) is 25.9. The van der Waals surface area contributed by atoms with E-state index < -0.39 is 11.0 Å². The molecule has 1 aromatic heterocycles. The van der Waals surface area contributed by atoms with Crippen molar-refractivity contribution in [2.45, 2.75) is 68.4 Å². The Kier molecular flexibility index (Phi) is 5.88. The molecule has 1 saturated carbocycles. The van der Waals surface area contributed by atoms with Crippen molar-refractivity contribution in [3.05, 3.63) is 130 Å². The molecular weight excluding hydrogens is 594 g/mol. The van der Waals surface area contributed by atoms with Crippen LogP contribution in [0.15, 0.2) is 84.9 Å². The molecule has 5 aromatic rings. The van der Waals surface area contributed by atoms with Crippen LogP contribution in [-0.2, 0) is 36.1 Å². The minimum absolute atomic E-state index is 0.110. The summed E-state index contributed by atoms with van der Waals surface area (Å²) in [5.74, 6) is 0.968. The average molecular weight is 631 g/mol. The van der Waals surface area contributed by atoms with Crippen LogP contribution in [0.25, 0.3) is 10.9 Å². The highest BCUT2D eigenvalue weighted by Gasteiger charge is 2.74. The molecule has 1 spiro atoms. The van der Waals surface area contributed by atoms with Gasteiger partial charge in [-0.3, -0.25) is 4.90 Å². The molecule has 2 fully saturated rings. The summed E-state index contributed by atoms with van der Waals surface area (Å²) in [4.78, 5) is 2.70. The fourth-order valence-electron chi connectivity index (χ4n) is 9.78. The number of likely N-dealkylation sites (tertiary alicyclic amines) is 1. The lowest BCUT2D eigenvalue weighted by Gasteiger charge is -2.64. The number of halogens is 2. The van der Waals surface area contributed by atoms with Gasteiger partial charge >= 0.3 is 0 Å². The number of piperidine rings is 1. The lowest BCUT2D eigenvalue weighted by atomic mass is 9.48. The molecule has 2 bridgehead atoms. The molecule has 3 heterocycles. The molecule has 0 unspecified atom stereocenters. The Bertz CT molecular complexity index is 2050. The maximum absolute atomic E-state index is 14.0. The van der Waals surface area contributed by atoms with E-state index in [0.717, 1.165) is 59.8 Å². The van der Waals surface area contributed by atoms with E-state index in [1.165, 1.54) is 53.6 Å². The Morgan fingerprint density at radius 1 is 0.894 bits per heavy atom. The van der Waals surface area contributed by atoms with Crippen LogP contribution < -0.4 is 4.74 Å². The molecule has 47 heavy (non-hydrogen) atoms. The van der Waals surface area contributed by atoms with Gasteiger partial charge in [0, 0.05) is 42.0 Å². The fourth-order valence-corrected chi connectivity index (χ4v) is 9.78. The Morgan fingerprint density at radius 2 is 1.64 bits per heavy atom. The topological polar surface area (TPSA) is 46.9 Å². The zero-order chi connectivity index (χ0) is 31.5. The van der Waals surface area contributed by atoms with Crippen molar-refractivity contribution < 1.29 is 23.4 Å². The molecule has 4 atom stereocenters. The number of ether oxygens (including phenoxy) is 2. The van der Waals surface area contributed by atoms with Gasteiger partial charge in [0.15, 0.2) is 17.6 Å². The number of phenolic OH excluding ortho intramolecular Hbond substituents is 1. The minimum atomic E-state index is -0.650. The maximum Gasteiger partial charge on any atom is 0.166 e. The van der Waals surface area contributed by atoms with Gasteiger partial charge in [0.1, 0.15) is 17.2 Å². The van der Waals surface area contributed by atoms with E-state index in [1.807, 2.05) is 24.3 Å². The molecule has 3 aliphatic carbocycles. The molecule has 5 nitrogen and oxygen atoms in total. The second-order valence-corrected chi connectivity index (χ2v) is 14.4. The zero-order valence-corrected chi connectivity index (χ0v) is 26.1. The van der Waals surface area contributed by atoms with E-state index in [-0.39, 0.29) is 29.5 Å². The zero-order valence-electron chi connectivity index (χ0n) is 26.1. The molecule has 0 amide bonds. The lowest BCUT2D eigenvalue weighted by molar-refractivity contribution is -0.211. The van der Waals surface area contributed by atoms with E-state index in [0.29, 0.717) is 25.3 Å². The molecule has 7 heteroatoms. The number of aromatic hydroxyl groups is 1. The van der Waals surface area contributed by atoms with Gasteiger partial charge in [0.2, 0.25) is 0 Å². The fraction of sp³-hybridized carbons (Fsp3) is 0.350. The first-order chi connectivity index (χ1) is 22.9. The SMILES string of the molecule is Oc1ccc2c3c1O[C@H]1c4c(c5ccccc5n4Cc4ccc(F)cc4)C[C@@]4(OCc5ccc(F)cc5)[C@H](C2)N(CC2CC2)CC[C@]314. The predicted octanol–water partition coefficient (Wildman–Crippen LogP) is 7.60. The third kappa shape index (κ3) is 3.87. The summed E-state index contributed by atoms with van der Waals surface area (Å²) < 4.78 is 44.9. The summed E-state index contributed by atoms with van der Waals surface area (Å²) in [6.07, 6.45) is 4.52. The average Bonchev–Trinajstić information content (AvgIpc) is 3.76. The highest BCUT2D eigenvalue weighted by Crippen LogP contribution is 2.70. The molecule has 0 radical (unpaired) electrons. The van der Waals surface area contributed by atoms with Crippen LogP contribution in [0.1, 0.15) is 58.9 Å². The van der Waals surface area contributed by atoms with Gasteiger partial charge in [-0.15, -0.1) is 0 Å². The Morgan fingerprint density at radius 3 is 2.40 bits per heavy atom. The Balaban J connectivity index is 1.22. The van der Waals surface area contributed by atoms with Gasteiger partial charge in [-0.1, -0.05) is 48.5 Å². The van der Waals surface area contributed by atoms with Gasteiger partial charge < -0.3 is 19.1 Å². The molecule has 1 N–H and O–H groups in total. The van der Waals surface area contributed by atoms with Crippen molar-refractivity contribution in [1.29, 1.82) is 0 Å². The maximum atomic E-state index is 14.0. The van der Waals surface area contributed by atoms with Gasteiger partial charge in [0.05, 0.1) is 17.7 Å². The van der Waals surface area contributed by atoms with Gasteiger partial charge in [0.25, 0.3) is 0 Å². The van der Waals surface area contributed by atoms with Crippen LogP contribution >= 0.6 is 0 Å². The van der Waals surface area contributed by atoms with E-state index in [9.17, 15) is 13.9 Å². The first-order valence-electron chi connectivity index (χ1n) is 16.9. The van der Waals surface area contributed by atoms with Crippen LogP contribution in [0.5, 0.6) is 11.5 Å². The van der Waals surface area contributed by atoms with Crippen LogP contribution in [0.3, 0.4) is 0 Å². The Hall–Kier alpha value is -4.20. The number of hydrogen-bond donors (Lipinski definition) is 1. The number of nitrogens with zero attached hydrogens (tertiary/aromatic N) is 2. The molecule has 2 aliphatic heterocycles. The van der Waals surface area contributed by atoms with Gasteiger partial charge in [-0.05, 0) is 96.8 Å². The standard InChI is InChI=1S/C40H36F2N2O3/c41-28-12-7-25(8-13-28)22-44-32-4-2-1-3-30(32)31-20-40(46-23-26-9-14-29(42)15-10-26)34-19-27-11-16-33(45)37-35(27)39(40,38(47-37)36(31)44)17-18-43(34)21-24-5-6-24/h1-4,7-16,24,34,38,45H,5-6,17-23H2/t34-,38-,39-,40+/m0/s1. The monoisotopic (exact) mass is 630 g/mol. The number of benzene rings is 4. The first-order valence-corrected chi connectivity index (χ1v) is 16.9. The highest BCUT2D eigenvalue weighted by atomic mass is 19.1. The predicted molar refractivity (Wildman–Crippen MR) is 175 cm³/mol. The lowest BCUT2D eigenvalue weighted by Crippen LogP contribution is -2.75. The number of rotatable bonds is 7. The number of phenols is 1. The Labute approximate surface area is 272 Å². The molecule has 5 aliphatic rings. The third-order valence-electron chi connectivity index (χ3n) is 12.0. The number of aromatic nitrogens is 1. The van der Waals surface area contributed by atoms with E-state index in [4.69, 9.17) is 9.47 Å².